The van der Waals surface area contributed by atoms with Crippen molar-refractivity contribution in [1.29, 1.82) is 0 Å². The minimum Gasteiger partial charge on any atom is -0.496 e. The predicted octanol–water partition coefficient (Wildman–Crippen LogP) is 4.44. The molecule has 0 N–H and O–H groups in total. The fraction of sp³-hybridized carbons (Fsp3) is 0.188. The Morgan fingerprint density at radius 3 is 2.37 bits per heavy atom. The summed E-state index contributed by atoms with van der Waals surface area (Å²) in [5.41, 5.74) is 4.63. The van der Waals surface area contributed by atoms with Crippen molar-refractivity contribution in [3.63, 3.8) is 0 Å². The Balaban J connectivity index is 2.65. The molecule has 0 aliphatic carbocycles. The standard InChI is InChI=1S/C16H15ClO2/c1-10-4-6-14(16(19-3)11(10)2)13-7-5-12(9-18)8-15(13)17/h4-9H,1-3H3. The fourth-order valence-electron chi connectivity index (χ4n) is 2.09. The molecule has 0 bridgehead atoms. The first-order valence-corrected chi connectivity index (χ1v) is 6.35. The molecule has 0 spiro atoms. The molecule has 0 radical (unpaired) electrons. The lowest BCUT2D eigenvalue weighted by Crippen LogP contribution is -1.94. The van der Waals surface area contributed by atoms with E-state index in [-0.39, 0.29) is 0 Å². The van der Waals surface area contributed by atoms with Crippen LogP contribution in [0, 0.1) is 13.8 Å². The lowest BCUT2D eigenvalue weighted by molar-refractivity contribution is 0.112. The molecule has 0 amide bonds. The van der Waals surface area contributed by atoms with Gasteiger partial charge in [0.1, 0.15) is 12.0 Å². The number of ether oxygens (including phenoxy) is 1. The Kier molecular flexibility index (Phi) is 3.91. The summed E-state index contributed by atoms with van der Waals surface area (Å²) in [7, 11) is 1.65. The van der Waals surface area contributed by atoms with Gasteiger partial charge in [0.15, 0.2) is 0 Å². The summed E-state index contributed by atoms with van der Waals surface area (Å²) < 4.78 is 5.49. The van der Waals surface area contributed by atoms with E-state index in [1.54, 1.807) is 19.2 Å². The van der Waals surface area contributed by atoms with Gasteiger partial charge in [-0.25, -0.2) is 0 Å². The van der Waals surface area contributed by atoms with Gasteiger partial charge in [-0.05, 0) is 31.0 Å². The zero-order valence-electron chi connectivity index (χ0n) is 11.2. The summed E-state index contributed by atoms with van der Waals surface area (Å²) in [5.74, 6) is 0.820. The van der Waals surface area contributed by atoms with E-state index < -0.39 is 0 Å². The Bertz CT molecular complexity index is 633. The fourth-order valence-corrected chi connectivity index (χ4v) is 2.38. The van der Waals surface area contributed by atoms with Crippen molar-refractivity contribution in [2.45, 2.75) is 13.8 Å². The highest BCUT2D eigenvalue weighted by molar-refractivity contribution is 6.33. The minimum atomic E-state index is 0.547. The van der Waals surface area contributed by atoms with Gasteiger partial charge in [0.25, 0.3) is 0 Å². The van der Waals surface area contributed by atoms with Gasteiger partial charge in [-0.2, -0.15) is 0 Å². The van der Waals surface area contributed by atoms with Crippen molar-refractivity contribution in [3.05, 3.63) is 52.0 Å². The van der Waals surface area contributed by atoms with Gasteiger partial charge in [0.05, 0.1) is 7.11 Å². The van der Waals surface area contributed by atoms with Crippen molar-refractivity contribution in [2.75, 3.05) is 7.11 Å². The zero-order valence-corrected chi connectivity index (χ0v) is 11.9. The summed E-state index contributed by atoms with van der Waals surface area (Å²) in [6.07, 6.45) is 0.785. The van der Waals surface area contributed by atoms with E-state index in [2.05, 4.69) is 0 Å². The summed E-state index contributed by atoms with van der Waals surface area (Å²) in [5, 5.41) is 0.547. The lowest BCUT2D eigenvalue weighted by Gasteiger charge is -2.14. The van der Waals surface area contributed by atoms with Crippen molar-refractivity contribution in [2.24, 2.45) is 0 Å². The maximum Gasteiger partial charge on any atom is 0.150 e. The van der Waals surface area contributed by atoms with Gasteiger partial charge in [0.2, 0.25) is 0 Å². The van der Waals surface area contributed by atoms with Crippen LogP contribution in [-0.4, -0.2) is 13.4 Å². The normalized spacial score (nSPS) is 10.3. The smallest absolute Gasteiger partial charge is 0.150 e. The molecule has 0 fully saturated rings. The van der Waals surface area contributed by atoms with Crippen LogP contribution in [-0.2, 0) is 0 Å². The van der Waals surface area contributed by atoms with Crippen molar-refractivity contribution in [3.8, 4) is 16.9 Å². The second-order valence-electron chi connectivity index (χ2n) is 4.45. The zero-order chi connectivity index (χ0) is 14.0. The molecule has 2 rings (SSSR count). The third-order valence-electron chi connectivity index (χ3n) is 3.30. The molecule has 0 saturated heterocycles. The van der Waals surface area contributed by atoms with E-state index in [0.717, 1.165) is 28.7 Å². The monoisotopic (exact) mass is 274 g/mol. The highest BCUT2D eigenvalue weighted by Crippen LogP contribution is 2.38. The molecule has 0 heterocycles. The number of methoxy groups -OCH3 is 1. The van der Waals surface area contributed by atoms with Crippen LogP contribution in [0.1, 0.15) is 21.5 Å². The molecule has 0 aliphatic rings. The Hall–Kier alpha value is -1.80. The van der Waals surface area contributed by atoms with Crippen LogP contribution < -0.4 is 4.74 Å². The second-order valence-corrected chi connectivity index (χ2v) is 4.85. The van der Waals surface area contributed by atoms with Crippen LogP contribution in [0.3, 0.4) is 0 Å². The van der Waals surface area contributed by atoms with Gasteiger partial charge < -0.3 is 4.74 Å². The first-order valence-electron chi connectivity index (χ1n) is 5.97. The van der Waals surface area contributed by atoms with Crippen LogP contribution >= 0.6 is 11.6 Å². The van der Waals surface area contributed by atoms with Crippen LogP contribution in [0.4, 0.5) is 0 Å². The maximum absolute atomic E-state index is 10.7. The topological polar surface area (TPSA) is 26.3 Å². The molecule has 0 saturated carbocycles. The highest BCUT2D eigenvalue weighted by atomic mass is 35.5. The van der Waals surface area contributed by atoms with Gasteiger partial charge in [-0.3, -0.25) is 4.79 Å². The number of benzene rings is 2. The largest absolute Gasteiger partial charge is 0.496 e. The lowest BCUT2D eigenvalue weighted by atomic mass is 9.98. The van der Waals surface area contributed by atoms with E-state index in [1.165, 1.54) is 5.56 Å². The third-order valence-corrected chi connectivity index (χ3v) is 3.61. The van der Waals surface area contributed by atoms with Crippen LogP contribution in [0.5, 0.6) is 5.75 Å². The van der Waals surface area contributed by atoms with E-state index in [9.17, 15) is 4.79 Å². The number of aryl methyl sites for hydroxylation is 1. The minimum absolute atomic E-state index is 0.547. The molecule has 2 nitrogen and oxygen atoms in total. The molecule has 98 valence electrons. The molecule has 0 aromatic heterocycles. The second kappa shape index (κ2) is 5.45. The maximum atomic E-state index is 10.7. The molecule has 0 atom stereocenters. The summed E-state index contributed by atoms with van der Waals surface area (Å²) in [4.78, 5) is 10.7. The molecular weight excluding hydrogens is 260 g/mol. The quantitative estimate of drug-likeness (QED) is 0.773. The Morgan fingerprint density at radius 1 is 1.11 bits per heavy atom. The third kappa shape index (κ3) is 2.49. The SMILES string of the molecule is COc1c(-c2ccc(C=O)cc2Cl)ccc(C)c1C. The van der Waals surface area contributed by atoms with Crippen LogP contribution in [0.2, 0.25) is 5.02 Å². The van der Waals surface area contributed by atoms with E-state index in [4.69, 9.17) is 16.3 Å². The van der Waals surface area contributed by atoms with E-state index in [0.29, 0.717) is 10.6 Å². The number of rotatable bonds is 3. The van der Waals surface area contributed by atoms with Crippen molar-refractivity contribution in [1.82, 2.24) is 0 Å². The first-order chi connectivity index (χ1) is 9.08. The van der Waals surface area contributed by atoms with Gasteiger partial charge in [-0.1, -0.05) is 35.9 Å². The van der Waals surface area contributed by atoms with Crippen molar-refractivity contribution < 1.29 is 9.53 Å². The van der Waals surface area contributed by atoms with E-state index in [1.807, 2.05) is 32.0 Å². The summed E-state index contributed by atoms with van der Waals surface area (Å²) >= 11 is 6.25. The first kappa shape index (κ1) is 13.6. The molecule has 0 aliphatic heterocycles. The summed E-state index contributed by atoms with van der Waals surface area (Å²) in [6.45, 7) is 4.06. The molecule has 3 heteroatoms. The number of hydrogen-bond donors (Lipinski definition) is 0. The molecule has 19 heavy (non-hydrogen) atoms. The highest BCUT2D eigenvalue weighted by Gasteiger charge is 2.13. The van der Waals surface area contributed by atoms with Crippen LogP contribution in [0.15, 0.2) is 30.3 Å². The van der Waals surface area contributed by atoms with Crippen LogP contribution in [0.25, 0.3) is 11.1 Å². The molecular formula is C16H15ClO2. The molecule has 2 aromatic carbocycles. The van der Waals surface area contributed by atoms with E-state index >= 15 is 0 Å². The number of hydrogen-bond acceptors (Lipinski definition) is 2. The molecule has 0 unspecified atom stereocenters. The van der Waals surface area contributed by atoms with Crippen molar-refractivity contribution >= 4 is 17.9 Å². The number of carbonyl (C=O) groups is 1. The average Bonchev–Trinajstić information content (AvgIpc) is 2.42. The number of halogens is 1. The predicted molar refractivity (Wildman–Crippen MR) is 78.3 cm³/mol. The number of carbonyl (C=O) groups excluding carboxylic acids is 1. The van der Waals surface area contributed by atoms with Gasteiger partial charge in [-0.15, -0.1) is 0 Å². The molecule has 2 aromatic rings. The van der Waals surface area contributed by atoms with Gasteiger partial charge >= 0.3 is 0 Å². The number of aldehydes is 1. The average molecular weight is 275 g/mol. The van der Waals surface area contributed by atoms with Gasteiger partial charge in [0, 0.05) is 21.7 Å². The Labute approximate surface area is 118 Å². The summed E-state index contributed by atoms with van der Waals surface area (Å²) in [6, 6.07) is 9.29. The Morgan fingerprint density at radius 2 is 1.79 bits per heavy atom.